The highest BCUT2D eigenvalue weighted by Crippen LogP contribution is 2.28. The summed E-state index contributed by atoms with van der Waals surface area (Å²) in [7, 11) is 3.18. The van der Waals surface area contributed by atoms with Crippen LogP contribution >= 0.6 is 0 Å². The van der Waals surface area contributed by atoms with Gasteiger partial charge in [0.25, 0.3) is 5.91 Å². The number of carbonyl (C=O) groups is 1. The first-order valence-corrected chi connectivity index (χ1v) is 9.07. The number of hydrogen-bond acceptors (Lipinski definition) is 5. The van der Waals surface area contributed by atoms with Gasteiger partial charge in [-0.25, -0.2) is 10.4 Å². The second kappa shape index (κ2) is 8.56. The SMILES string of the molecule is CC/C(=N\NC(=O)Cn1c(C)nc2ccccc21)c1ccc(OC)c(OC)c1. The Kier molecular flexibility index (Phi) is 5.93. The molecule has 0 saturated carbocycles. The Morgan fingerprint density at radius 2 is 1.89 bits per heavy atom. The van der Waals surface area contributed by atoms with Gasteiger partial charge in [-0.15, -0.1) is 0 Å². The topological polar surface area (TPSA) is 77.7 Å². The Bertz CT molecular complexity index is 1020. The highest BCUT2D eigenvalue weighted by atomic mass is 16.5. The highest BCUT2D eigenvalue weighted by Gasteiger charge is 2.12. The van der Waals surface area contributed by atoms with E-state index in [4.69, 9.17) is 9.47 Å². The quantitative estimate of drug-likeness (QED) is 0.504. The van der Waals surface area contributed by atoms with Crippen LogP contribution in [0.2, 0.25) is 0 Å². The smallest absolute Gasteiger partial charge is 0.260 e. The maximum atomic E-state index is 12.5. The van der Waals surface area contributed by atoms with E-state index in [9.17, 15) is 4.79 Å². The molecule has 1 aromatic heterocycles. The molecule has 0 aliphatic heterocycles. The summed E-state index contributed by atoms with van der Waals surface area (Å²) in [6.07, 6.45) is 0.656. The summed E-state index contributed by atoms with van der Waals surface area (Å²) in [6.45, 7) is 4.02. The zero-order chi connectivity index (χ0) is 20.1. The van der Waals surface area contributed by atoms with E-state index in [1.54, 1.807) is 14.2 Å². The van der Waals surface area contributed by atoms with Crippen LogP contribution in [0.5, 0.6) is 11.5 Å². The second-order valence-electron chi connectivity index (χ2n) is 6.25. The molecule has 1 N–H and O–H groups in total. The van der Waals surface area contributed by atoms with Crippen molar-refractivity contribution in [2.45, 2.75) is 26.8 Å². The van der Waals surface area contributed by atoms with E-state index in [0.717, 1.165) is 28.1 Å². The molecule has 0 bridgehead atoms. The molecular formula is C21H24N4O3. The number of aryl methyl sites for hydroxylation is 1. The summed E-state index contributed by atoms with van der Waals surface area (Å²) in [5.41, 5.74) is 6.07. The third-order valence-electron chi connectivity index (χ3n) is 4.51. The number of ether oxygens (including phenoxy) is 2. The standard InChI is InChI=1S/C21H24N4O3/c1-5-16(15-10-11-19(27-3)20(12-15)28-4)23-24-21(26)13-25-14(2)22-17-8-6-7-9-18(17)25/h6-12H,5,13H2,1-4H3,(H,24,26)/b23-16+. The van der Waals surface area contributed by atoms with E-state index in [1.165, 1.54) is 0 Å². The molecular weight excluding hydrogens is 356 g/mol. The van der Waals surface area contributed by atoms with Crippen molar-refractivity contribution in [1.29, 1.82) is 0 Å². The summed E-state index contributed by atoms with van der Waals surface area (Å²) in [6, 6.07) is 13.3. The van der Waals surface area contributed by atoms with E-state index in [2.05, 4.69) is 15.5 Å². The Morgan fingerprint density at radius 3 is 2.61 bits per heavy atom. The average Bonchev–Trinajstić information content (AvgIpc) is 3.03. The fourth-order valence-corrected chi connectivity index (χ4v) is 3.07. The molecule has 1 heterocycles. The van der Waals surface area contributed by atoms with Crippen LogP contribution in [0.1, 0.15) is 24.7 Å². The Morgan fingerprint density at radius 1 is 1.14 bits per heavy atom. The van der Waals surface area contributed by atoms with Crippen LogP contribution < -0.4 is 14.9 Å². The van der Waals surface area contributed by atoms with Gasteiger partial charge < -0.3 is 14.0 Å². The van der Waals surface area contributed by atoms with Gasteiger partial charge in [-0.3, -0.25) is 4.79 Å². The predicted octanol–water partition coefficient (Wildman–Crippen LogP) is 3.29. The number of amides is 1. The first kappa shape index (κ1) is 19.4. The fraction of sp³-hybridized carbons (Fsp3) is 0.286. The van der Waals surface area contributed by atoms with Gasteiger partial charge in [0, 0.05) is 5.56 Å². The molecule has 28 heavy (non-hydrogen) atoms. The number of methoxy groups -OCH3 is 2. The zero-order valence-electron chi connectivity index (χ0n) is 16.5. The van der Waals surface area contributed by atoms with Gasteiger partial charge in [-0.05, 0) is 43.7 Å². The van der Waals surface area contributed by atoms with E-state index in [1.807, 2.05) is 60.9 Å². The summed E-state index contributed by atoms with van der Waals surface area (Å²) < 4.78 is 12.5. The predicted molar refractivity (Wildman–Crippen MR) is 109 cm³/mol. The minimum atomic E-state index is -0.210. The van der Waals surface area contributed by atoms with Crippen molar-refractivity contribution in [1.82, 2.24) is 15.0 Å². The first-order chi connectivity index (χ1) is 13.6. The van der Waals surface area contributed by atoms with Gasteiger partial charge in [-0.1, -0.05) is 19.1 Å². The van der Waals surface area contributed by atoms with E-state index >= 15 is 0 Å². The monoisotopic (exact) mass is 380 g/mol. The molecule has 7 nitrogen and oxygen atoms in total. The maximum Gasteiger partial charge on any atom is 0.260 e. The number of nitrogens with one attached hydrogen (secondary N) is 1. The molecule has 2 aromatic carbocycles. The number of benzene rings is 2. The van der Waals surface area contributed by atoms with Gasteiger partial charge in [0.1, 0.15) is 12.4 Å². The average molecular weight is 380 g/mol. The lowest BCUT2D eigenvalue weighted by Gasteiger charge is -2.11. The van der Waals surface area contributed by atoms with Crippen LogP contribution in [-0.4, -0.2) is 35.4 Å². The number of rotatable bonds is 7. The van der Waals surface area contributed by atoms with Crippen LogP contribution in [-0.2, 0) is 11.3 Å². The number of hydrogen-bond donors (Lipinski definition) is 1. The third-order valence-corrected chi connectivity index (χ3v) is 4.51. The molecule has 0 atom stereocenters. The minimum Gasteiger partial charge on any atom is -0.493 e. The minimum absolute atomic E-state index is 0.152. The highest BCUT2D eigenvalue weighted by molar-refractivity contribution is 6.01. The zero-order valence-corrected chi connectivity index (χ0v) is 16.5. The molecule has 146 valence electrons. The lowest BCUT2D eigenvalue weighted by atomic mass is 10.1. The van der Waals surface area contributed by atoms with Crippen molar-refractivity contribution in [3.8, 4) is 11.5 Å². The van der Waals surface area contributed by atoms with Gasteiger partial charge in [0.05, 0.1) is 31.0 Å². The van der Waals surface area contributed by atoms with E-state index < -0.39 is 0 Å². The van der Waals surface area contributed by atoms with Crippen molar-refractivity contribution < 1.29 is 14.3 Å². The van der Waals surface area contributed by atoms with Crippen molar-refractivity contribution >= 4 is 22.7 Å². The van der Waals surface area contributed by atoms with Gasteiger partial charge in [0.15, 0.2) is 11.5 Å². The largest absolute Gasteiger partial charge is 0.493 e. The Hall–Kier alpha value is -3.35. The van der Waals surface area contributed by atoms with Crippen molar-refractivity contribution in [2.75, 3.05) is 14.2 Å². The number of nitrogens with zero attached hydrogens (tertiary/aromatic N) is 3. The molecule has 0 spiro atoms. The summed E-state index contributed by atoms with van der Waals surface area (Å²) >= 11 is 0. The van der Waals surface area contributed by atoms with Gasteiger partial charge in [0.2, 0.25) is 0 Å². The molecule has 3 rings (SSSR count). The lowest BCUT2D eigenvalue weighted by molar-refractivity contribution is -0.121. The number of aromatic nitrogens is 2. The third kappa shape index (κ3) is 3.98. The molecule has 0 radical (unpaired) electrons. The normalized spacial score (nSPS) is 11.5. The van der Waals surface area contributed by atoms with Crippen LogP contribution in [0, 0.1) is 6.92 Å². The number of hydrazone groups is 1. The summed E-state index contributed by atoms with van der Waals surface area (Å²) in [5.74, 6) is 1.84. The number of fused-ring (bicyclic) bond motifs is 1. The Labute approximate surface area is 164 Å². The second-order valence-corrected chi connectivity index (χ2v) is 6.25. The van der Waals surface area contributed by atoms with Gasteiger partial charge in [-0.2, -0.15) is 5.10 Å². The van der Waals surface area contributed by atoms with Gasteiger partial charge >= 0.3 is 0 Å². The number of para-hydroxylation sites is 2. The van der Waals surface area contributed by atoms with Crippen molar-refractivity contribution in [3.63, 3.8) is 0 Å². The molecule has 0 fully saturated rings. The maximum absolute atomic E-state index is 12.5. The molecule has 3 aromatic rings. The first-order valence-electron chi connectivity index (χ1n) is 9.07. The van der Waals surface area contributed by atoms with E-state index in [0.29, 0.717) is 17.9 Å². The molecule has 7 heteroatoms. The number of imidazole rings is 1. The molecule has 0 saturated heterocycles. The van der Waals surface area contributed by atoms with E-state index in [-0.39, 0.29) is 12.5 Å². The fourth-order valence-electron chi connectivity index (χ4n) is 3.07. The van der Waals surface area contributed by atoms with Crippen LogP contribution in [0.15, 0.2) is 47.6 Å². The molecule has 0 aliphatic carbocycles. The van der Waals surface area contributed by atoms with Crippen LogP contribution in [0.25, 0.3) is 11.0 Å². The van der Waals surface area contributed by atoms with Crippen LogP contribution in [0.3, 0.4) is 0 Å². The summed E-state index contributed by atoms with van der Waals surface area (Å²) in [4.78, 5) is 17.0. The molecule has 0 aliphatic rings. The molecule has 1 amide bonds. The van der Waals surface area contributed by atoms with Crippen LogP contribution in [0.4, 0.5) is 0 Å². The van der Waals surface area contributed by atoms with Crippen molar-refractivity contribution in [3.05, 3.63) is 53.9 Å². The summed E-state index contributed by atoms with van der Waals surface area (Å²) in [5, 5.41) is 4.32. The van der Waals surface area contributed by atoms with Crippen molar-refractivity contribution in [2.24, 2.45) is 5.10 Å². The Balaban J connectivity index is 1.77. The lowest BCUT2D eigenvalue weighted by Crippen LogP contribution is -2.25. The molecule has 0 unspecified atom stereocenters. The number of carbonyl (C=O) groups excluding carboxylic acids is 1.